The molecule has 0 spiro atoms. The molecule has 1 heterocycles. The summed E-state index contributed by atoms with van der Waals surface area (Å²) in [5.74, 6) is -1.06. The predicted octanol–water partition coefficient (Wildman–Crippen LogP) is 2.55. The van der Waals surface area contributed by atoms with Gasteiger partial charge in [-0.15, -0.1) is 11.3 Å². The van der Waals surface area contributed by atoms with Gasteiger partial charge in [-0.3, -0.25) is 9.69 Å². The van der Waals surface area contributed by atoms with Gasteiger partial charge in [0.05, 0.1) is 6.54 Å². The second-order valence-corrected chi connectivity index (χ2v) is 5.09. The van der Waals surface area contributed by atoms with Gasteiger partial charge in [-0.2, -0.15) is 0 Å². The van der Waals surface area contributed by atoms with Crippen molar-refractivity contribution in [2.24, 2.45) is 0 Å². The third-order valence-corrected chi connectivity index (χ3v) is 3.48. The van der Waals surface area contributed by atoms with Gasteiger partial charge in [-0.1, -0.05) is 24.3 Å². The molecule has 0 atom stereocenters. The van der Waals surface area contributed by atoms with Crippen LogP contribution in [0.4, 0.5) is 10.5 Å². The predicted molar refractivity (Wildman–Crippen MR) is 78.0 cm³/mol. The monoisotopic (exact) mass is 290 g/mol. The number of aliphatic carboxylic acids is 1. The minimum absolute atomic E-state index is 0.375. The lowest BCUT2D eigenvalue weighted by molar-refractivity contribution is -0.135. The molecule has 2 rings (SSSR count). The zero-order valence-electron chi connectivity index (χ0n) is 10.7. The molecule has 0 bridgehead atoms. The van der Waals surface area contributed by atoms with Crippen LogP contribution in [0.3, 0.4) is 0 Å². The molecule has 104 valence electrons. The molecule has 20 heavy (non-hydrogen) atoms. The van der Waals surface area contributed by atoms with E-state index in [0.717, 1.165) is 4.88 Å². The number of carboxylic acid groups (broad SMARTS) is 1. The number of thiophene rings is 1. The fourth-order valence-electron chi connectivity index (χ4n) is 1.69. The van der Waals surface area contributed by atoms with E-state index in [1.807, 2.05) is 23.6 Å². The van der Waals surface area contributed by atoms with E-state index in [0.29, 0.717) is 12.2 Å². The first-order valence-electron chi connectivity index (χ1n) is 6.01. The lowest BCUT2D eigenvalue weighted by Crippen LogP contribution is -2.42. The van der Waals surface area contributed by atoms with Crippen LogP contribution in [0.25, 0.3) is 0 Å². The average molecular weight is 290 g/mol. The van der Waals surface area contributed by atoms with Crippen LogP contribution in [-0.2, 0) is 11.3 Å². The van der Waals surface area contributed by atoms with Crippen molar-refractivity contribution < 1.29 is 14.7 Å². The summed E-state index contributed by atoms with van der Waals surface area (Å²) in [5.41, 5.74) is 0.554. The smallest absolute Gasteiger partial charge is 0.323 e. The highest BCUT2D eigenvalue weighted by molar-refractivity contribution is 7.09. The largest absolute Gasteiger partial charge is 0.480 e. The first-order chi connectivity index (χ1) is 9.66. The van der Waals surface area contributed by atoms with Gasteiger partial charge in [0.2, 0.25) is 0 Å². The molecule has 0 fully saturated rings. The molecule has 0 saturated carbocycles. The second-order valence-electron chi connectivity index (χ2n) is 4.05. The zero-order valence-corrected chi connectivity index (χ0v) is 11.5. The van der Waals surface area contributed by atoms with Crippen molar-refractivity contribution in [2.45, 2.75) is 6.54 Å². The summed E-state index contributed by atoms with van der Waals surface area (Å²) < 4.78 is 0. The molecule has 5 nitrogen and oxygen atoms in total. The second kappa shape index (κ2) is 6.72. The van der Waals surface area contributed by atoms with Crippen LogP contribution < -0.4 is 10.2 Å². The molecule has 0 aliphatic heterocycles. The van der Waals surface area contributed by atoms with Gasteiger partial charge in [0.15, 0.2) is 0 Å². The Labute approximate surface area is 120 Å². The highest BCUT2D eigenvalue weighted by Crippen LogP contribution is 2.14. The number of amides is 2. The highest BCUT2D eigenvalue weighted by atomic mass is 32.1. The summed E-state index contributed by atoms with van der Waals surface area (Å²) >= 11 is 1.54. The summed E-state index contributed by atoms with van der Waals surface area (Å²) in [6.45, 7) is 0.0136. The molecule has 2 amide bonds. The molecular weight excluding hydrogens is 276 g/mol. The van der Waals surface area contributed by atoms with E-state index in [1.165, 1.54) is 16.2 Å². The number of hydrogen-bond donors (Lipinski definition) is 2. The summed E-state index contributed by atoms with van der Waals surface area (Å²) in [4.78, 5) is 25.3. The van der Waals surface area contributed by atoms with E-state index in [2.05, 4.69) is 5.32 Å². The van der Waals surface area contributed by atoms with Crippen molar-refractivity contribution in [1.29, 1.82) is 0 Å². The number of nitrogens with one attached hydrogen (secondary N) is 1. The lowest BCUT2D eigenvalue weighted by atomic mass is 10.3. The fraction of sp³-hybridized carbons (Fsp3) is 0.143. The van der Waals surface area contributed by atoms with Crippen molar-refractivity contribution in [3.05, 3.63) is 52.7 Å². The summed E-state index contributed by atoms with van der Waals surface area (Å²) in [5, 5.41) is 13.6. The van der Waals surface area contributed by atoms with Crippen LogP contribution in [-0.4, -0.2) is 23.7 Å². The molecule has 0 aliphatic carbocycles. The van der Waals surface area contributed by atoms with E-state index < -0.39 is 12.0 Å². The Bertz CT molecular complexity index is 569. The van der Waals surface area contributed by atoms with E-state index in [4.69, 9.17) is 5.11 Å². The Morgan fingerprint density at radius 3 is 2.50 bits per heavy atom. The number of para-hydroxylation sites is 1. The Morgan fingerprint density at radius 2 is 1.90 bits per heavy atom. The number of benzene rings is 1. The molecule has 1 aromatic carbocycles. The van der Waals surface area contributed by atoms with E-state index >= 15 is 0 Å². The maximum Gasteiger partial charge on any atom is 0.323 e. The molecule has 0 saturated heterocycles. The number of nitrogens with zero attached hydrogens (tertiary/aromatic N) is 1. The summed E-state index contributed by atoms with van der Waals surface area (Å²) in [6, 6.07) is 12.1. The summed E-state index contributed by atoms with van der Waals surface area (Å²) in [6.07, 6.45) is 0. The maximum absolute atomic E-state index is 12.1. The standard InChI is InChI=1S/C14H14N2O3S/c17-13(18)10-16(11-5-2-1-3-6-11)14(19)15-9-12-7-4-8-20-12/h1-8H,9-10H2,(H,15,19)(H,17,18). The number of urea groups is 1. The van der Waals surface area contributed by atoms with Gasteiger partial charge in [0.25, 0.3) is 0 Å². The van der Waals surface area contributed by atoms with Crippen LogP contribution in [0.2, 0.25) is 0 Å². The number of carbonyl (C=O) groups excluding carboxylic acids is 1. The van der Waals surface area contributed by atoms with Gasteiger partial charge in [-0.05, 0) is 23.6 Å². The van der Waals surface area contributed by atoms with Gasteiger partial charge in [-0.25, -0.2) is 4.79 Å². The maximum atomic E-state index is 12.1. The molecule has 0 radical (unpaired) electrons. The van der Waals surface area contributed by atoms with Crippen LogP contribution in [0.15, 0.2) is 47.8 Å². The summed E-state index contributed by atoms with van der Waals surface area (Å²) in [7, 11) is 0. The lowest BCUT2D eigenvalue weighted by Gasteiger charge is -2.21. The minimum Gasteiger partial charge on any atom is -0.480 e. The number of carboxylic acids is 1. The molecule has 1 aromatic heterocycles. The Hall–Kier alpha value is -2.34. The fourth-order valence-corrected chi connectivity index (χ4v) is 2.34. The van der Waals surface area contributed by atoms with Gasteiger partial charge in [0, 0.05) is 10.6 Å². The highest BCUT2D eigenvalue weighted by Gasteiger charge is 2.18. The number of carbonyl (C=O) groups is 2. The molecular formula is C14H14N2O3S. The Kier molecular flexibility index (Phi) is 4.73. The molecule has 2 N–H and O–H groups in total. The van der Waals surface area contributed by atoms with Crippen LogP contribution in [0.1, 0.15) is 4.88 Å². The van der Waals surface area contributed by atoms with Crippen LogP contribution in [0.5, 0.6) is 0 Å². The number of anilines is 1. The average Bonchev–Trinajstić information content (AvgIpc) is 2.96. The van der Waals surface area contributed by atoms with E-state index in [-0.39, 0.29) is 6.54 Å². The first-order valence-corrected chi connectivity index (χ1v) is 6.89. The normalized spacial score (nSPS) is 10.0. The van der Waals surface area contributed by atoms with E-state index in [1.54, 1.807) is 24.3 Å². The van der Waals surface area contributed by atoms with E-state index in [9.17, 15) is 9.59 Å². The van der Waals surface area contributed by atoms with Crippen molar-refractivity contribution in [3.63, 3.8) is 0 Å². The first kappa shape index (κ1) is 14.1. The van der Waals surface area contributed by atoms with Gasteiger partial charge in [0.1, 0.15) is 6.54 Å². The number of hydrogen-bond acceptors (Lipinski definition) is 3. The minimum atomic E-state index is -1.06. The molecule has 2 aromatic rings. The SMILES string of the molecule is O=C(O)CN(C(=O)NCc1cccs1)c1ccccc1. The van der Waals surface area contributed by atoms with Crippen molar-refractivity contribution in [3.8, 4) is 0 Å². The topological polar surface area (TPSA) is 69.6 Å². The van der Waals surface area contributed by atoms with Gasteiger partial charge >= 0.3 is 12.0 Å². The van der Waals surface area contributed by atoms with Crippen molar-refractivity contribution in [2.75, 3.05) is 11.4 Å². The van der Waals surface area contributed by atoms with Crippen LogP contribution in [0, 0.1) is 0 Å². The van der Waals surface area contributed by atoms with Gasteiger partial charge < -0.3 is 10.4 Å². The third-order valence-electron chi connectivity index (χ3n) is 2.60. The third kappa shape index (κ3) is 3.83. The Balaban J connectivity index is 2.06. The van der Waals surface area contributed by atoms with Crippen molar-refractivity contribution in [1.82, 2.24) is 5.32 Å². The quantitative estimate of drug-likeness (QED) is 0.889. The Morgan fingerprint density at radius 1 is 1.15 bits per heavy atom. The molecule has 0 unspecified atom stereocenters. The molecule has 6 heteroatoms. The zero-order chi connectivity index (χ0) is 14.4. The number of rotatable bonds is 5. The van der Waals surface area contributed by atoms with Crippen molar-refractivity contribution >= 4 is 29.0 Å². The van der Waals surface area contributed by atoms with Crippen LogP contribution >= 0.6 is 11.3 Å². The molecule has 0 aliphatic rings.